The van der Waals surface area contributed by atoms with Crippen molar-refractivity contribution in [2.24, 2.45) is 29.4 Å². The lowest BCUT2D eigenvalue weighted by Gasteiger charge is -2.54. The molecule has 0 spiro atoms. The average Bonchev–Trinajstić information content (AvgIpc) is 2.38. The lowest BCUT2D eigenvalue weighted by molar-refractivity contribution is -0.00445. The van der Waals surface area contributed by atoms with Crippen molar-refractivity contribution in [3.63, 3.8) is 0 Å². The van der Waals surface area contributed by atoms with Crippen LogP contribution in [0, 0.1) is 23.7 Å². The molecule has 3 heteroatoms. The largest absolute Gasteiger partial charge is 0.326 e. The van der Waals surface area contributed by atoms with Crippen molar-refractivity contribution in [1.29, 1.82) is 0 Å². The van der Waals surface area contributed by atoms with E-state index >= 15 is 0 Å². The van der Waals surface area contributed by atoms with Crippen molar-refractivity contribution in [3.8, 4) is 0 Å². The van der Waals surface area contributed by atoms with Gasteiger partial charge in [-0.15, -0.1) is 0 Å². The summed E-state index contributed by atoms with van der Waals surface area (Å²) in [6.45, 7) is 0.579. The first kappa shape index (κ1) is 10.9. The van der Waals surface area contributed by atoms with Gasteiger partial charge in [-0.1, -0.05) is 0 Å². The molecule has 4 aliphatic carbocycles. The molecule has 4 aliphatic rings. The van der Waals surface area contributed by atoms with Gasteiger partial charge in [0.25, 0.3) is 0 Å². The molecule has 4 saturated carbocycles. The highest BCUT2D eigenvalue weighted by Crippen LogP contribution is 2.59. The third-order valence-electron chi connectivity index (χ3n) is 5.53. The van der Waals surface area contributed by atoms with E-state index in [0.717, 1.165) is 29.2 Å². The molecule has 1 heterocycles. The minimum absolute atomic E-state index is 0.579. The normalized spacial score (nSPS) is 41.3. The van der Waals surface area contributed by atoms with Crippen molar-refractivity contribution >= 4 is 0 Å². The predicted octanol–water partition coefficient (Wildman–Crippen LogP) is 2.48. The van der Waals surface area contributed by atoms with E-state index < -0.39 is 0 Å². The third-order valence-corrected chi connectivity index (χ3v) is 5.53. The van der Waals surface area contributed by atoms with Crippen molar-refractivity contribution < 1.29 is 0 Å². The number of nitrogens with zero attached hydrogens (tertiary/aromatic N) is 2. The number of rotatable bonds is 2. The molecule has 0 amide bonds. The monoisotopic (exact) mass is 243 g/mol. The van der Waals surface area contributed by atoms with E-state index in [-0.39, 0.29) is 0 Å². The molecule has 0 saturated heterocycles. The molecule has 1 aromatic rings. The van der Waals surface area contributed by atoms with Gasteiger partial charge in [0, 0.05) is 12.5 Å². The minimum Gasteiger partial charge on any atom is -0.326 e. The summed E-state index contributed by atoms with van der Waals surface area (Å²) in [7, 11) is 0. The first-order valence-corrected chi connectivity index (χ1v) is 7.35. The van der Waals surface area contributed by atoms with E-state index in [1.54, 1.807) is 6.20 Å². The van der Waals surface area contributed by atoms with Crippen LogP contribution in [0.3, 0.4) is 0 Å². The van der Waals surface area contributed by atoms with Gasteiger partial charge in [-0.3, -0.25) is 0 Å². The number of nitrogens with two attached hydrogens (primary N) is 1. The van der Waals surface area contributed by atoms with Gasteiger partial charge in [-0.05, 0) is 67.4 Å². The van der Waals surface area contributed by atoms with Crippen molar-refractivity contribution in [1.82, 2.24) is 10.2 Å². The van der Waals surface area contributed by atoms with Crippen LogP contribution in [-0.2, 0) is 6.54 Å². The summed E-state index contributed by atoms with van der Waals surface area (Å²) in [6, 6.07) is 2.21. The summed E-state index contributed by atoms with van der Waals surface area (Å²) in [4.78, 5) is 0. The Hall–Kier alpha value is -0.960. The van der Waals surface area contributed by atoms with Crippen molar-refractivity contribution in [2.75, 3.05) is 0 Å². The number of hydrogen-bond acceptors (Lipinski definition) is 3. The first-order valence-electron chi connectivity index (χ1n) is 7.35. The van der Waals surface area contributed by atoms with E-state index in [0.29, 0.717) is 12.5 Å². The lowest BCUT2D eigenvalue weighted by atomic mass is 9.51. The summed E-state index contributed by atoms with van der Waals surface area (Å²) in [6.07, 6.45) is 9.06. The standard InChI is InChI=1S/C15H21N3/c16-7-11-6-14(18-17-8-11)15-12-2-9-1-10(4-12)5-13(15)3-9/h6,8-10,12-13,15H,1-5,7,16H2. The SMILES string of the molecule is NCc1cnnc(C2C3CC4CC(C3)CC2C4)c1. The van der Waals surface area contributed by atoms with Gasteiger partial charge < -0.3 is 5.73 Å². The van der Waals surface area contributed by atoms with Crippen LogP contribution >= 0.6 is 0 Å². The Balaban J connectivity index is 1.68. The maximum absolute atomic E-state index is 5.73. The topological polar surface area (TPSA) is 51.8 Å². The summed E-state index contributed by atoms with van der Waals surface area (Å²) in [5.41, 5.74) is 8.09. The van der Waals surface area contributed by atoms with Gasteiger partial charge in [-0.25, -0.2) is 0 Å². The highest BCUT2D eigenvalue weighted by atomic mass is 15.1. The smallest absolute Gasteiger partial charge is 0.0670 e. The molecule has 0 atom stereocenters. The third kappa shape index (κ3) is 1.60. The minimum atomic E-state index is 0.579. The molecule has 4 fully saturated rings. The van der Waals surface area contributed by atoms with E-state index in [9.17, 15) is 0 Å². The maximum Gasteiger partial charge on any atom is 0.0670 e. The molecule has 0 aromatic carbocycles. The molecule has 2 N–H and O–H groups in total. The quantitative estimate of drug-likeness (QED) is 0.868. The lowest BCUT2D eigenvalue weighted by Crippen LogP contribution is -2.44. The fourth-order valence-corrected chi connectivity index (χ4v) is 5.11. The highest BCUT2D eigenvalue weighted by molar-refractivity contribution is 5.20. The first-order chi connectivity index (χ1) is 8.83. The van der Waals surface area contributed by atoms with Crippen LogP contribution in [0.15, 0.2) is 12.3 Å². The van der Waals surface area contributed by atoms with Gasteiger partial charge in [0.15, 0.2) is 0 Å². The molecule has 0 unspecified atom stereocenters. The second-order valence-corrected chi connectivity index (χ2v) is 6.65. The van der Waals surface area contributed by atoms with Crippen molar-refractivity contribution in [3.05, 3.63) is 23.5 Å². The molecule has 5 rings (SSSR count). The Bertz CT molecular complexity index is 429. The molecule has 4 bridgehead atoms. The summed E-state index contributed by atoms with van der Waals surface area (Å²) >= 11 is 0. The molecule has 1 aromatic heterocycles. The molecule has 18 heavy (non-hydrogen) atoms. The molecular formula is C15H21N3. The summed E-state index contributed by atoms with van der Waals surface area (Å²) in [5, 5.41) is 8.59. The van der Waals surface area contributed by atoms with Crippen LogP contribution in [0.1, 0.15) is 49.3 Å². The van der Waals surface area contributed by atoms with Crippen LogP contribution in [0.25, 0.3) is 0 Å². The summed E-state index contributed by atoms with van der Waals surface area (Å²) < 4.78 is 0. The second-order valence-electron chi connectivity index (χ2n) is 6.65. The van der Waals surface area contributed by atoms with E-state index in [2.05, 4.69) is 16.3 Å². The van der Waals surface area contributed by atoms with Crippen LogP contribution in [0.2, 0.25) is 0 Å². The van der Waals surface area contributed by atoms with E-state index in [1.165, 1.54) is 37.8 Å². The van der Waals surface area contributed by atoms with Gasteiger partial charge in [0.2, 0.25) is 0 Å². The Labute approximate surface area is 108 Å². The van der Waals surface area contributed by atoms with Gasteiger partial charge in [-0.2, -0.15) is 10.2 Å². The predicted molar refractivity (Wildman–Crippen MR) is 69.7 cm³/mol. The number of aromatic nitrogens is 2. The second kappa shape index (κ2) is 4.02. The zero-order valence-electron chi connectivity index (χ0n) is 10.8. The van der Waals surface area contributed by atoms with Crippen LogP contribution in [0.5, 0.6) is 0 Å². The molecule has 96 valence electrons. The van der Waals surface area contributed by atoms with Crippen LogP contribution < -0.4 is 5.73 Å². The van der Waals surface area contributed by atoms with E-state index in [1.807, 2.05) is 0 Å². The molecule has 0 radical (unpaired) electrons. The van der Waals surface area contributed by atoms with Gasteiger partial charge in [0.1, 0.15) is 0 Å². The van der Waals surface area contributed by atoms with Crippen LogP contribution in [-0.4, -0.2) is 10.2 Å². The molecule has 0 aliphatic heterocycles. The number of hydrogen-bond donors (Lipinski definition) is 1. The van der Waals surface area contributed by atoms with Crippen molar-refractivity contribution in [2.45, 2.75) is 44.6 Å². The Kier molecular flexibility index (Phi) is 2.44. The fraction of sp³-hybridized carbons (Fsp3) is 0.733. The Morgan fingerprint density at radius 2 is 1.72 bits per heavy atom. The van der Waals surface area contributed by atoms with E-state index in [4.69, 9.17) is 5.73 Å². The molecular weight excluding hydrogens is 222 g/mol. The van der Waals surface area contributed by atoms with Gasteiger partial charge in [0.05, 0.1) is 11.9 Å². The zero-order chi connectivity index (χ0) is 12.1. The fourth-order valence-electron chi connectivity index (χ4n) is 5.11. The maximum atomic E-state index is 5.73. The zero-order valence-corrected chi connectivity index (χ0v) is 10.8. The molecule has 3 nitrogen and oxygen atoms in total. The average molecular weight is 243 g/mol. The summed E-state index contributed by atoms with van der Waals surface area (Å²) in [5.74, 6) is 4.48. The Morgan fingerprint density at radius 1 is 1.06 bits per heavy atom. The Morgan fingerprint density at radius 3 is 2.33 bits per heavy atom. The van der Waals surface area contributed by atoms with Crippen LogP contribution in [0.4, 0.5) is 0 Å². The highest BCUT2D eigenvalue weighted by Gasteiger charge is 2.49. The van der Waals surface area contributed by atoms with Gasteiger partial charge >= 0.3 is 0 Å².